The molecule has 0 radical (unpaired) electrons. The van der Waals surface area contributed by atoms with E-state index in [4.69, 9.17) is 10.6 Å². The first-order chi connectivity index (χ1) is 10.3. The highest BCUT2D eigenvalue weighted by molar-refractivity contribution is 5.01. The Morgan fingerprint density at radius 3 is 2.76 bits per heavy atom. The summed E-state index contributed by atoms with van der Waals surface area (Å²) >= 11 is 0. The summed E-state index contributed by atoms with van der Waals surface area (Å²) in [6.07, 6.45) is 9.28. The van der Waals surface area contributed by atoms with Crippen molar-refractivity contribution in [1.29, 1.82) is 0 Å². The maximum absolute atomic E-state index is 6.17. The minimum atomic E-state index is -0.162. The zero-order valence-electron chi connectivity index (χ0n) is 13.3. The molecule has 0 spiro atoms. The molecule has 0 aliphatic heterocycles. The maximum atomic E-state index is 6.17. The van der Waals surface area contributed by atoms with Crippen molar-refractivity contribution in [2.24, 2.45) is 5.84 Å². The van der Waals surface area contributed by atoms with Crippen molar-refractivity contribution in [1.82, 2.24) is 20.2 Å². The van der Waals surface area contributed by atoms with Gasteiger partial charge in [0, 0.05) is 19.6 Å². The Kier molecular flexibility index (Phi) is 6.14. The lowest BCUT2D eigenvalue weighted by Gasteiger charge is -2.42. The minimum absolute atomic E-state index is 0.0811. The Balaban J connectivity index is 2.14. The van der Waals surface area contributed by atoms with Crippen molar-refractivity contribution >= 4 is 0 Å². The van der Waals surface area contributed by atoms with Crippen LogP contribution in [0.25, 0.3) is 0 Å². The van der Waals surface area contributed by atoms with Crippen LogP contribution < -0.4 is 11.3 Å². The largest absolute Gasteiger partial charge is 0.374 e. The van der Waals surface area contributed by atoms with Gasteiger partial charge in [0.1, 0.15) is 12.2 Å². The van der Waals surface area contributed by atoms with E-state index in [1.54, 1.807) is 6.33 Å². The number of ether oxygens (including phenoxy) is 1. The zero-order valence-corrected chi connectivity index (χ0v) is 13.3. The second-order valence-corrected chi connectivity index (χ2v) is 5.88. The van der Waals surface area contributed by atoms with Gasteiger partial charge in [-0.15, -0.1) is 0 Å². The first kappa shape index (κ1) is 16.4. The van der Waals surface area contributed by atoms with Gasteiger partial charge in [-0.2, -0.15) is 5.10 Å². The average molecular weight is 295 g/mol. The zero-order chi connectivity index (χ0) is 15.1. The standard InChI is InChI=1S/C15H29N5O/c1-3-10-20-14(17-12-18-20)11-13(19-16)15(21-4-2)8-6-5-7-9-15/h12-13,19H,3-11,16H2,1-2H3. The van der Waals surface area contributed by atoms with E-state index in [1.807, 2.05) is 4.68 Å². The molecule has 1 unspecified atom stereocenters. The summed E-state index contributed by atoms with van der Waals surface area (Å²) in [6, 6.07) is 0.0811. The lowest BCUT2D eigenvalue weighted by Crippen LogP contribution is -2.57. The molecule has 1 aromatic rings. The Bertz CT molecular complexity index is 408. The highest BCUT2D eigenvalue weighted by Crippen LogP contribution is 2.35. The van der Waals surface area contributed by atoms with Gasteiger partial charge in [0.25, 0.3) is 0 Å². The number of nitrogens with one attached hydrogen (secondary N) is 1. The molecule has 21 heavy (non-hydrogen) atoms. The van der Waals surface area contributed by atoms with Crippen LogP contribution in [0, 0.1) is 0 Å². The van der Waals surface area contributed by atoms with Gasteiger partial charge >= 0.3 is 0 Å². The summed E-state index contributed by atoms with van der Waals surface area (Å²) < 4.78 is 8.15. The topological polar surface area (TPSA) is 78.0 Å². The van der Waals surface area contributed by atoms with Crippen molar-refractivity contribution < 1.29 is 4.74 Å². The smallest absolute Gasteiger partial charge is 0.138 e. The Morgan fingerprint density at radius 2 is 2.14 bits per heavy atom. The quantitative estimate of drug-likeness (QED) is 0.565. The monoisotopic (exact) mass is 295 g/mol. The van der Waals surface area contributed by atoms with E-state index < -0.39 is 0 Å². The van der Waals surface area contributed by atoms with Gasteiger partial charge in [-0.05, 0) is 26.2 Å². The Morgan fingerprint density at radius 1 is 1.38 bits per heavy atom. The molecule has 3 N–H and O–H groups in total. The number of hydrazine groups is 1. The SMILES string of the molecule is CCCn1ncnc1CC(NN)C1(OCC)CCCCC1. The third-order valence-electron chi connectivity index (χ3n) is 4.49. The molecule has 120 valence electrons. The van der Waals surface area contributed by atoms with E-state index in [9.17, 15) is 0 Å². The molecule has 0 amide bonds. The number of nitrogens with zero attached hydrogens (tertiary/aromatic N) is 3. The summed E-state index contributed by atoms with van der Waals surface area (Å²) in [7, 11) is 0. The Labute approximate surface area is 127 Å². The highest BCUT2D eigenvalue weighted by Gasteiger charge is 2.40. The predicted molar refractivity (Wildman–Crippen MR) is 82.6 cm³/mol. The summed E-state index contributed by atoms with van der Waals surface area (Å²) in [5.41, 5.74) is 2.84. The van der Waals surface area contributed by atoms with Gasteiger partial charge in [-0.1, -0.05) is 26.2 Å². The summed E-state index contributed by atoms with van der Waals surface area (Å²) in [4.78, 5) is 4.41. The molecule has 0 bridgehead atoms. The number of hydrogen-bond donors (Lipinski definition) is 2. The van der Waals surface area contributed by atoms with Gasteiger partial charge < -0.3 is 4.74 Å². The van der Waals surface area contributed by atoms with Crippen molar-refractivity contribution in [2.75, 3.05) is 6.61 Å². The second kappa shape index (κ2) is 7.87. The lowest BCUT2D eigenvalue weighted by molar-refractivity contribution is -0.0903. The van der Waals surface area contributed by atoms with Gasteiger partial charge in [0.05, 0.1) is 11.6 Å². The number of rotatable bonds is 8. The summed E-state index contributed by atoms with van der Waals surface area (Å²) in [6.45, 7) is 5.82. The molecular formula is C15H29N5O. The van der Waals surface area contributed by atoms with Gasteiger partial charge in [-0.3, -0.25) is 16.0 Å². The fraction of sp³-hybridized carbons (Fsp3) is 0.867. The number of aryl methyl sites for hydroxylation is 1. The molecule has 1 fully saturated rings. The Hall–Kier alpha value is -0.980. The van der Waals surface area contributed by atoms with E-state index in [1.165, 1.54) is 19.3 Å². The molecule has 1 atom stereocenters. The first-order valence-electron chi connectivity index (χ1n) is 8.22. The van der Waals surface area contributed by atoms with Gasteiger partial charge in [-0.25, -0.2) is 4.98 Å². The van der Waals surface area contributed by atoms with Crippen LogP contribution in [0.2, 0.25) is 0 Å². The van der Waals surface area contributed by atoms with Crippen molar-refractivity contribution in [2.45, 2.75) is 77.0 Å². The third-order valence-corrected chi connectivity index (χ3v) is 4.49. The van der Waals surface area contributed by atoms with Crippen LogP contribution >= 0.6 is 0 Å². The fourth-order valence-electron chi connectivity index (χ4n) is 3.46. The van der Waals surface area contributed by atoms with Crippen LogP contribution in [0.3, 0.4) is 0 Å². The van der Waals surface area contributed by atoms with Crippen LogP contribution in [0.4, 0.5) is 0 Å². The van der Waals surface area contributed by atoms with Crippen LogP contribution in [-0.4, -0.2) is 33.0 Å². The molecular weight excluding hydrogens is 266 g/mol. The fourth-order valence-corrected chi connectivity index (χ4v) is 3.46. The van der Waals surface area contributed by atoms with Crippen molar-refractivity contribution in [3.8, 4) is 0 Å². The van der Waals surface area contributed by atoms with Crippen LogP contribution in [-0.2, 0) is 17.7 Å². The molecule has 1 saturated carbocycles. The first-order valence-corrected chi connectivity index (χ1v) is 8.22. The van der Waals surface area contributed by atoms with Crippen LogP contribution in [0.1, 0.15) is 58.2 Å². The van der Waals surface area contributed by atoms with Crippen LogP contribution in [0.5, 0.6) is 0 Å². The van der Waals surface area contributed by atoms with E-state index >= 15 is 0 Å². The third kappa shape index (κ3) is 3.81. The normalized spacial score (nSPS) is 19.6. The molecule has 1 heterocycles. The molecule has 1 aromatic heterocycles. The van der Waals surface area contributed by atoms with Gasteiger partial charge in [0.15, 0.2) is 0 Å². The number of aromatic nitrogens is 3. The molecule has 2 rings (SSSR count). The van der Waals surface area contributed by atoms with Crippen LogP contribution in [0.15, 0.2) is 6.33 Å². The van der Waals surface area contributed by atoms with E-state index in [0.29, 0.717) is 0 Å². The van der Waals surface area contributed by atoms with Crippen molar-refractivity contribution in [3.05, 3.63) is 12.2 Å². The molecule has 1 aliphatic rings. The number of nitrogens with two attached hydrogens (primary N) is 1. The maximum Gasteiger partial charge on any atom is 0.138 e. The molecule has 6 nitrogen and oxygen atoms in total. The van der Waals surface area contributed by atoms with E-state index in [2.05, 4.69) is 29.4 Å². The predicted octanol–water partition coefficient (Wildman–Crippen LogP) is 1.80. The highest BCUT2D eigenvalue weighted by atomic mass is 16.5. The molecule has 0 saturated heterocycles. The summed E-state index contributed by atoms with van der Waals surface area (Å²) in [5.74, 6) is 6.86. The van der Waals surface area contributed by atoms with E-state index in [-0.39, 0.29) is 11.6 Å². The van der Waals surface area contributed by atoms with E-state index in [0.717, 1.165) is 44.7 Å². The lowest BCUT2D eigenvalue weighted by atomic mass is 9.78. The second-order valence-electron chi connectivity index (χ2n) is 5.88. The average Bonchev–Trinajstić information content (AvgIpc) is 2.93. The molecule has 0 aromatic carbocycles. The molecule has 1 aliphatic carbocycles. The van der Waals surface area contributed by atoms with Gasteiger partial charge in [0.2, 0.25) is 0 Å². The minimum Gasteiger partial charge on any atom is -0.374 e. The number of hydrogen-bond acceptors (Lipinski definition) is 5. The molecule has 6 heteroatoms. The summed E-state index contributed by atoms with van der Waals surface area (Å²) in [5, 5.41) is 4.30. The van der Waals surface area contributed by atoms with Crippen molar-refractivity contribution in [3.63, 3.8) is 0 Å².